The topological polar surface area (TPSA) is 47.3 Å². The monoisotopic (exact) mass is 685 g/mol. The molecule has 1 atom stereocenters. The third-order valence-electron chi connectivity index (χ3n) is 10.4. The summed E-state index contributed by atoms with van der Waals surface area (Å²) in [6, 6.07) is 59.2. The van der Waals surface area contributed by atoms with Crippen LogP contribution in [0.4, 0.5) is 0 Å². The summed E-state index contributed by atoms with van der Waals surface area (Å²) >= 11 is 0. The normalized spacial score (nSPS) is 14.8. The summed E-state index contributed by atoms with van der Waals surface area (Å²) in [4.78, 5) is 5.09. The van der Waals surface area contributed by atoms with E-state index in [0.717, 1.165) is 77.5 Å². The number of fused-ring (bicyclic) bond motifs is 5. The molecule has 3 heterocycles. The van der Waals surface area contributed by atoms with E-state index in [2.05, 4.69) is 146 Å². The molecular weight excluding hydrogens is 654 g/mol. The lowest BCUT2D eigenvalue weighted by Crippen LogP contribution is -2.07. The fourth-order valence-corrected chi connectivity index (χ4v) is 10.1. The number of rotatable bonds is 5. The van der Waals surface area contributed by atoms with E-state index < -0.39 is 7.14 Å². The molecule has 52 heavy (non-hydrogen) atoms. The number of aromatic nitrogens is 3. The van der Waals surface area contributed by atoms with Gasteiger partial charge in [-0.3, -0.25) is 0 Å². The van der Waals surface area contributed by atoms with Crippen LogP contribution in [0, 0.1) is 0 Å². The highest BCUT2D eigenvalue weighted by atomic mass is 31.2. The van der Waals surface area contributed by atoms with Gasteiger partial charge in [0.25, 0.3) is 0 Å². The minimum absolute atomic E-state index is 0.675. The first-order chi connectivity index (χ1) is 25.5. The molecule has 4 nitrogen and oxygen atoms in total. The number of pyridine rings is 1. The van der Waals surface area contributed by atoms with Crippen LogP contribution in [0.1, 0.15) is 0 Å². The molecule has 1 aliphatic heterocycles. The van der Waals surface area contributed by atoms with Crippen LogP contribution in [0.3, 0.4) is 0 Å². The molecule has 246 valence electrons. The molecular formula is C47H32N3OP. The molecule has 1 unspecified atom stereocenters. The Labute approximate surface area is 302 Å². The van der Waals surface area contributed by atoms with Gasteiger partial charge in [0, 0.05) is 33.5 Å². The molecule has 0 fully saturated rings. The smallest absolute Gasteiger partial charge is 0.182 e. The van der Waals surface area contributed by atoms with Crippen LogP contribution in [0.5, 0.6) is 0 Å². The largest absolute Gasteiger partial charge is 0.314 e. The number of benzene rings is 7. The zero-order chi connectivity index (χ0) is 34.8. The second-order valence-electron chi connectivity index (χ2n) is 13.5. The summed E-state index contributed by atoms with van der Waals surface area (Å²) < 4.78 is 15.9. The Balaban J connectivity index is 1.09. The molecule has 0 bridgehead atoms. The molecule has 0 saturated carbocycles. The molecule has 0 aliphatic carbocycles. The first-order valence-corrected chi connectivity index (χ1v) is 19.6. The second-order valence-corrected chi connectivity index (χ2v) is 16.3. The molecule has 0 radical (unpaired) electrons. The predicted molar refractivity (Wildman–Crippen MR) is 216 cm³/mol. The highest BCUT2D eigenvalue weighted by Crippen LogP contribution is 2.51. The number of hydrogen-bond donors (Lipinski definition) is 0. The van der Waals surface area contributed by atoms with Crippen molar-refractivity contribution in [2.45, 2.75) is 0 Å². The van der Waals surface area contributed by atoms with Gasteiger partial charge in [-0.1, -0.05) is 152 Å². The molecule has 0 saturated heterocycles. The van der Waals surface area contributed by atoms with E-state index in [1.54, 1.807) is 0 Å². The quantitative estimate of drug-likeness (QED) is 0.169. The maximum Gasteiger partial charge on any atom is 0.182 e. The Kier molecular flexibility index (Phi) is 6.96. The SMILES string of the molecule is CP1(=O)c2ccccc2-c2cc(-c3c(-c4ccc(-c5nc6c(-c7ccccc7)cc(-c7ccccc7)cn6n5)cc4)ccc4ccccc34)ccc21. The van der Waals surface area contributed by atoms with Gasteiger partial charge in [0.2, 0.25) is 0 Å². The van der Waals surface area contributed by atoms with E-state index in [9.17, 15) is 4.57 Å². The average molecular weight is 686 g/mol. The second kappa shape index (κ2) is 11.9. The van der Waals surface area contributed by atoms with E-state index >= 15 is 0 Å². The van der Waals surface area contributed by atoms with Gasteiger partial charge in [-0.25, -0.2) is 9.50 Å². The standard InChI is InChI=1S/C47H32N3OP/c1-52(51)43-19-11-10-18-40(43)42-28-36(25-27-44(42)52)45-38-17-9-8-16-33(38)24-26-39(45)34-20-22-35(23-21-34)46-48-47-41(32-14-6-3-7-15-32)29-37(30-50(47)49-46)31-12-4-2-5-13-31/h2-30H,1H3. The van der Waals surface area contributed by atoms with E-state index in [4.69, 9.17) is 10.1 Å². The number of hydrogen-bond acceptors (Lipinski definition) is 3. The van der Waals surface area contributed by atoms with Gasteiger partial charge in [0.1, 0.15) is 7.14 Å². The van der Waals surface area contributed by atoms with Crippen molar-refractivity contribution in [3.05, 3.63) is 176 Å². The summed E-state index contributed by atoms with van der Waals surface area (Å²) in [7, 11) is -2.65. The first-order valence-electron chi connectivity index (χ1n) is 17.5. The zero-order valence-corrected chi connectivity index (χ0v) is 29.3. The van der Waals surface area contributed by atoms with Crippen LogP contribution in [0.2, 0.25) is 0 Å². The molecule has 0 amide bonds. The van der Waals surface area contributed by atoms with Crippen LogP contribution in [0.15, 0.2) is 176 Å². The van der Waals surface area contributed by atoms with Crippen molar-refractivity contribution in [2.75, 3.05) is 6.66 Å². The molecule has 7 aromatic carbocycles. The van der Waals surface area contributed by atoms with Crippen molar-refractivity contribution in [1.82, 2.24) is 14.6 Å². The Morgan fingerprint density at radius 1 is 0.481 bits per heavy atom. The minimum atomic E-state index is -2.65. The van der Waals surface area contributed by atoms with E-state index in [0.29, 0.717) is 5.82 Å². The van der Waals surface area contributed by atoms with E-state index in [-0.39, 0.29) is 0 Å². The third-order valence-corrected chi connectivity index (χ3v) is 13.0. The summed E-state index contributed by atoms with van der Waals surface area (Å²) in [6.07, 6.45) is 2.07. The van der Waals surface area contributed by atoms with Gasteiger partial charge in [-0.15, -0.1) is 5.10 Å². The molecule has 0 N–H and O–H groups in total. The molecule has 5 heteroatoms. The van der Waals surface area contributed by atoms with E-state index in [1.807, 2.05) is 41.5 Å². The molecule has 0 spiro atoms. The highest BCUT2D eigenvalue weighted by Gasteiger charge is 2.34. The number of nitrogens with zero attached hydrogens (tertiary/aromatic N) is 3. The molecule has 1 aliphatic rings. The Morgan fingerprint density at radius 2 is 1.10 bits per heavy atom. The highest BCUT2D eigenvalue weighted by molar-refractivity contribution is 7.79. The Morgan fingerprint density at radius 3 is 1.90 bits per heavy atom. The lowest BCUT2D eigenvalue weighted by Gasteiger charge is -2.16. The van der Waals surface area contributed by atoms with Gasteiger partial charge < -0.3 is 4.57 Å². The van der Waals surface area contributed by atoms with Crippen molar-refractivity contribution in [3.63, 3.8) is 0 Å². The average Bonchev–Trinajstić information content (AvgIpc) is 3.74. The Hall–Kier alpha value is -6.35. The lowest BCUT2D eigenvalue weighted by atomic mass is 9.88. The van der Waals surface area contributed by atoms with Gasteiger partial charge >= 0.3 is 0 Å². The first kappa shape index (κ1) is 30.5. The summed E-state index contributed by atoms with van der Waals surface area (Å²) in [5.74, 6) is 0.675. The van der Waals surface area contributed by atoms with Crippen molar-refractivity contribution in [1.29, 1.82) is 0 Å². The third kappa shape index (κ3) is 4.87. The fraction of sp³-hybridized carbons (Fsp3) is 0.0213. The minimum Gasteiger partial charge on any atom is -0.314 e. The van der Waals surface area contributed by atoms with Crippen molar-refractivity contribution in [2.24, 2.45) is 0 Å². The van der Waals surface area contributed by atoms with Crippen molar-refractivity contribution < 1.29 is 4.57 Å². The van der Waals surface area contributed by atoms with Crippen molar-refractivity contribution >= 4 is 34.2 Å². The molecule has 9 aromatic rings. The van der Waals surface area contributed by atoms with Gasteiger partial charge in [-0.05, 0) is 80.1 Å². The van der Waals surface area contributed by atoms with Crippen LogP contribution in [-0.4, -0.2) is 21.3 Å². The molecule has 2 aromatic heterocycles. The van der Waals surface area contributed by atoms with Crippen LogP contribution in [0.25, 0.3) is 83.4 Å². The van der Waals surface area contributed by atoms with Crippen LogP contribution < -0.4 is 10.6 Å². The summed E-state index contributed by atoms with van der Waals surface area (Å²) in [5, 5.41) is 9.26. The summed E-state index contributed by atoms with van der Waals surface area (Å²) in [5.41, 5.74) is 12.8. The maximum absolute atomic E-state index is 14.0. The maximum atomic E-state index is 14.0. The van der Waals surface area contributed by atoms with Crippen LogP contribution in [-0.2, 0) is 4.57 Å². The van der Waals surface area contributed by atoms with Gasteiger partial charge in [0.05, 0.1) is 0 Å². The summed E-state index contributed by atoms with van der Waals surface area (Å²) in [6.45, 7) is 1.89. The zero-order valence-electron chi connectivity index (χ0n) is 28.4. The van der Waals surface area contributed by atoms with Crippen molar-refractivity contribution in [3.8, 4) is 67.0 Å². The fourth-order valence-electron chi connectivity index (χ4n) is 7.83. The predicted octanol–water partition coefficient (Wildman–Crippen LogP) is 11.1. The molecule has 10 rings (SSSR count). The lowest BCUT2D eigenvalue weighted by molar-refractivity contribution is 0.591. The Bertz CT molecular complexity index is 2880. The van der Waals surface area contributed by atoms with Gasteiger partial charge in [0.15, 0.2) is 11.5 Å². The van der Waals surface area contributed by atoms with E-state index in [1.165, 1.54) is 10.8 Å². The van der Waals surface area contributed by atoms with Gasteiger partial charge in [-0.2, -0.15) is 0 Å². The van der Waals surface area contributed by atoms with Crippen LogP contribution >= 0.6 is 7.14 Å².